The van der Waals surface area contributed by atoms with Gasteiger partial charge in [0.1, 0.15) is 5.69 Å². The van der Waals surface area contributed by atoms with Crippen LogP contribution in [0, 0.1) is 0 Å². The summed E-state index contributed by atoms with van der Waals surface area (Å²) in [6.45, 7) is 1.30. The Hall–Kier alpha value is -1.43. The molecule has 1 fully saturated rings. The molecule has 1 aromatic rings. The van der Waals surface area contributed by atoms with Gasteiger partial charge in [-0.3, -0.25) is 9.48 Å². The van der Waals surface area contributed by atoms with Crippen LogP contribution in [0.15, 0.2) is 6.20 Å². The van der Waals surface area contributed by atoms with Crippen molar-refractivity contribution in [3.8, 4) is 0 Å². The lowest BCUT2D eigenvalue weighted by molar-refractivity contribution is -0.124. The Balaban J connectivity index is 1.71. The zero-order chi connectivity index (χ0) is 13.8. The molecule has 20 heavy (non-hydrogen) atoms. The van der Waals surface area contributed by atoms with Crippen molar-refractivity contribution in [1.29, 1.82) is 0 Å². The molecule has 2 bridgehead atoms. The average Bonchev–Trinajstić information content (AvgIpc) is 2.90. The monoisotopic (exact) mass is 278 g/mol. The first-order valence-electron chi connectivity index (χ1n) is 7.61. The fourth-order valence-electron chi connectivity index (χ4n) is 3.01. The molecule has 3 rings (SSSR count). The van der Waals surface area contributed by atoms with E-state index in [0.717, 1.165) is 37.9 Å². The van der Waals surface area contributed by atoms with Crippen molar-refractivity contribution in [3.05, 3.63) is 11.9 Å². The minimum atomic E-state index is 0.110. The lowest BCUT2D eigenvalue weighted by Gasteiger charge is -2.32. The van der Waals surface area contributed by atoms with Crippen molar-refractivity contribution in [2.75, 3.05) is 0 Å². The molecule has 0 aromatic carbocycles. The van der Waals surface area contributed by atoms with E-state index in [1.807, 2.05) is 10.9 Å². The third-order valence-corrected chi connectivity index (χ3v) is 4.12. The summed E-state index contributed by atoms with van der Waals surface area (Å²) in [5.41, 5.74) is 0.875. The van der Waals surface area contributed by atoms with Gasteiger partial charge in [0.25, 0.3) is 0 Å². The number of rotatable bonds is 0. The number of aromatic nitrogens is 3. The summed E-state index contributed by atoms with van der Waals surface area (Å²) in [6.07, 6.45) is 8.85. The molecule has 110 valence electrons. The topological polar surface area (TPSA) is 69.0 Å². The van der Waals surface area contributed by atoms with Crippen LogP contribution in [0.1, 0.15) is 50.6 Å². The summed E-state index contributed by atoms with van der Waals surface area (Å²) in [5, 5.41) is 11.4. The van der Waals surface area contributed by atoms with Crippen molar-refractivity contribution >= 4 is 5.91 Å². The number of nitrogens with one attached hydrogen (secondary N) is 1. The quantitative estimate of drug-likeness (QED) is 0.779. The number of fused-ring (bicyclic) bond motifs is 3. The van der Waals surface area contributed by atoms with E-state index in [2.05, 4.69) is 15.6 Å². The van der Waals surface area contributed by atoms with Crippen molar-refractivity contribution in [2.45, 2.75) is 70.2 Å². The summed E-state index contributed by atoms with van der Waals surface area (Å²) in [6, 6.07) is 0.159. The number of nitrogens with zero attached hydrogens (tertiary/aromatic N) is 3. The Bertz CT molecular complexity index is 460. The summed E-state index contributed by atoms with van der Waals surface area (Å²) in [5.74, 6) is 0.156. The molecular weight excluding hydrogens is 256 g/mol. The van der Waals surface area contributed by atoms with E-state index in [1.165, 1.54) is 12.8 Å². The molecule has 1 aliphatic carbocycles. The van der Waals surface area contributed by atoms with Crippen molar-refractivity contribution in [2.24, 2.45) is 0 Å². The highest BCUT2D eigenvalue weighted by Gasteiger charge is 2.27. The molecule has 2 heterocycles. The molecule has 0 spiro atoms. The van der Waals surface area contributed by atoms with E-state index in [9.17, 15) is 4.79 Å². The maximum absolute atomic E-state index is 12.0. The minimum absolute atomic E-state index is 0.110. The molecule has 0 unspecified atom stereocenters. The van der Waals surface area contributed by atoms with Crippen LogP contribution < -0.4 is 5.32 Å². The minimum Gasteiger partial charge on any atom is -0.370 e. The molecule has 0 saturated heterocycles. The molecule has 1 saturated carbocycles. The lowest BCUT2D eigenvalue weighted by atomic mass is 9.92. The van der Waals surface area contributed by atoms with Crippen molar-refractivity contribution in [3.63, 3.8) is 0 Å². The molecule has 2 aliphatic rings. The van der Waals surface area contributed by atoms with Crippen molar-refractivity contribution in [1.82, 2.24) is 20.3 Å². The number of amides is 1. The van der Waals surface area contributed by atoms with Gasteiger partial charge in [0, 0.05) is 13.0 Å². The summed E-state index contributed by atoms with van der Waals surface area (Å²) >= 11 is 0. The van der Waals surface area contributed by atoms with Gasteiger partial charge in [-0.05, 0) is 25.7 Å². The fourth-order valence-corrected chi connectivity index (χ4v) is 3.01. The lowest BCUT2D eigenvalue weighted by Crippen LogP contribution is -2.46. The Morgan fingerprint density at radius 3 is 3.10 bits per heavy atom. The van der Waals surface area contributed by atoms with Gasteiger partial charge in [-0.2, -0.15) is 0 Å². The number of aryl methyl sites for hydroxylation is 1. The van der Waals surface area contributed by atoms with Crippen LogP contribution in [0.5, 0.6) is 0 Å². The second kappa shape index (κ2) is 6.35. The molecule has 6 nitrogen and oxygen atoms in total. The number of carbonyl (C=O) groups is 1. The zero-order valence-corrected chi connectivity index (χ0v) is 11.8. The third kappa shape index (κ3) is 3.36. The van der Waals surface area contributed by atoms with E-state index in [0.29, 0.717) is 13.0 Å². The van der Waals surface area contributed by atoms with Gasteiger partial charge in [0.05, 0.1) is 24.9 Å². The van der Waals surface area contributed by atoms with Crippen LogP contribution in [0.2, 0.25) is 0 Å². The van der Waals surface area contributed by atoms with E-state index in [4.69, 9.17) is 4.74 Å². The largest absolute Gasteiger partial charge is 0.370 e. The van der Waals surface area contributed by atoms with Crippen LogP contribution in [-0.2, 0) is 22.7 Å². The van der Waals surface area contributed by atoms with E-state index >= 15 is 0 Å². The van der Waals surface area contributed by atoms with Crippen LogP contribution in [0.4, 0.5) is 0 Å². The van der Waals surface area contributed by atoms with E-state index in [-0.39, 0.29) is 18.1 Å². The molecule has 0 radical (unpaired) electrons. The van der Waals surface area contributed by atoms with Gasteiger partial charge in [-0.15, -0.1) is 5.10 Å². The molecule has 1 N–H and O–H groups in total. The van der Waals surface area contributed by atoms with E-state index in [1.54, 1.807) is 0 Å². The molecule has 1 amide bonds. The first-order chi connectivity index (χ1) is 9.81. The standard InChI is InChI=1S/C14H22N4O2/c19-14-7-3-4-8-18-9-11(16-17-18)10-20-13-6-2-1-5-12(13)15-14/h9,12-13H,1-8,10H2,(H,15,19)/t12-,13+/m0/s1. The second-order valence-electron chi connectivity index (χ2n) is 5.74. The van der Waals surface area contributed by atoms with Gasteiger partial charge in [-0.25, -0.2) is 0 Å². The van der Waals surface area contributed by atoms with Crippen LogP contribution >= 0.6 is 0 Å². The summed E-state index contributed by atoms with van der Waals surface area (Å²) in [4.78, 5) is 12.0. The number of carbonyl (C=O) groups excluding carboxylic acids is 1. The Morgan fingerprint density at radius 2 is 2.15 bits per heavy atom. The van der Waals surface area contributed by atoms with Gasteiger partial charge in [0.2, 0.25) is 5.91 Å². The molecular formula is C14H22N4O2. The average molecular weight is 278 g/mol. The van der Waals surface area contributed by atoms with Gasteiger partial charge in [-0.1, -0.05) is 18.1 Å². The predicted octanol–water partition coefficient (Wildman–Crippen LogP) is 1.41. The van der Waals surface area contributed by atoms with Crippen molar-refractivity contribution < 1.29 is 9.53 Å². The highest BCUT2D eigenvalue weighted by molar-refractivity contribution is 5.76. The zero-order valence-electron chi connectivity index (χ0n) is 11.8. The summed E-state index contributed by atoms with van der Waals surface area (Å²) in [7, 11) is 0. The number of hydrogen-bond acceptors (Lipinski definition) is 4. The predicted molar refractivity (Wildman–Crippen MR) is 72.8 cm³/mol. The maximum atomic E-state index is 12.0. The highest BCUT2D eigenvalue weighted by atomic mass is 16.5. The maximum Gasteiger partial charge on any atom is 0.220 e. The van der Waals surface area contributed by atoms with Crippen LogP contribution in [0.25, 0.3) is 0 Å². The molecule has 6 heteroatoms. The smallest absolute Gasteiger partial charge is 0.220 e. The summed E-state index contributed by atoms with van der Waals surface area (Å²) < 4.78 is 7.81. The van der Waals surface area contributed by atoms with Crippen LogP contribution in [-0.4, -0.2) is 33.0 Å². The Labute approximate surface area is 118 Å². The number of ether oxygens (including phenoxy) is 1. The highest BCUT2D eigenvalue weighted by Crippen LogP contribution is 2.22. The Morgan fingerprint density at radius 1 is 1.25 bits per heavy atom. The molecule has 2 atom stereocenters. The number of hydrogen-bond donors (Lipinski definition) is 1. The van der Waals surface area contributed by atoms with Crippen LogP contribution in [0.3, 0.4) is 0 Å². The molecule has 1 aliphatic heterocycles. The molecule has 1 aromatic heterocycles. The SMILES string of the molecule is O=C1CCCCn2cc(nn2)CO[C@@H]2CCCC[C@@H]2N1. The first-order valence-corrected chi connectivity index (χ1v) is 7.61. The second-order valence-corrected chi connectivity index (χ2v) is 5.74. The third-order valence-electron chi connectivity index (χ3n) is 4.12. The first kappa shape index (κ1) is 13.5. The fraction of sp³-hybridized carbons (Fsp3) is 0.786. The van der Waals surface area contributed by atoms with Gasteiger partial charge in [0.15, 0.2) is 0 Å². The van der Waals surface area contributed by atoms with Gasteiger partial charge >= 0.3 is 0 Å². The normalized spacial score (nSPS) is 28.5. The van der Waals surface area contributed by atoms with Gasteiger partial charge < -0.3 is 10.1 Å². The van der Waals surface area contributed by atoms with E-state index < -0.39 is 0 Å². The Kier molecular flexibility index (Phi) is 4.30.